The minimum absolute atomic E-state index is 0.231. The number of ether oxygens (including phenoxy) is 2. The molecular formula is C20H25FN2O2. The van der Waals surface area contributed by atoms with Crippen LogP contribution in [0.2, 0.25) is 0 Å². The maximum Gasteiger partial charge on any atom is 0.123 e. The number of aromatic nitrogens is 1. The van der Waals surface area contributed by atoms with Crippen molar-refractivity contribution in [2.75, 3.05) is 26.4 Å². The van der Waals surface area contributed by atoms with E-state index in [1.807, 2.05) is 18.5 Å². The van der Waals surface area contributed by atoms with Crippen LogP contribution in [0.3, 0.4) is 0 Å². The Balaban J connectivity index is 1.82. The maximum absolute atomic E-state index is 13.8. The number of hydrogen-bond donors (Lipinski definition) is 0. The van der Waals surface area contributed by atoms with Crippen LogP contribution in [0.4, 0.5) is 4.39 Å². The molecule has 134 valence electrons. The summed E-state index contributed by atoms with van der Waals surface area (Å²) < 4.78 is 25.4. The van der Waals surface area contributed by atoms with Crippen molar-refractivity contribution in [3.8, 4) is 5.75 Å². The molecule has 0 unspecified atom stereocenters. The van der Waals surface area contributed by atoms with E-state index in [1.165, 1.54) is 11.6 Å². The number of rotatable bonds is 2. The number of pyridine rings is 1. The second kappa shape index (κ2) is 8.92. The Morgan fingerprint density at radius 3 is 2.92 bits per heavy atom. The number of fused-ring (bicyclic) bond motifs is 1. The minimum atomic E-state index is -0.231. The van der Waals surface area contributed by atoms with Crippen LogP contribution in [0.1, 0.15) is 29.5 Å². The zero-order chi connectivity index (χ0) is 17.5. The molecule has 1 aromatic heterocycles. The average Bonchev–Trinajstić information content (AvgIpc) is 2.59. The maximum atomic E-state index is 13.8. The smallest absolute Gasteiger partial charge is 0.123 e. The molecule has 2 aromatic rings. The van der Waals surface area contributed by atoms with E-state index in [4.69, 9.17) is 9.47 Å². The second-order valence-corrected chi connectivity index (χ2v) is 6.43. The van der Waals surface area contributed by atoms with E-state index >= 15 is 0 Å². The SMILES string of the molecule is Cc1cnccc1CN1CCOCCCCOc2ccc(F)cc2C1. The third kappa shape index (κ3) is 5.25. The number of aryl methyl sites for hydroxylation is 1. The Morgan fingerprint density at radius 2 is 2.04 bits per heavy atom. The molecule has 0 bridgehead atoms. The van der Waals surface area contributed by atoms with E-state index in [2.05, 4.69) is 16.8 Å². The Labute approximate surface area is 148 Å². The molecule has 25 heavy (non-hydrogen) atoms. The monoisotopic (exact) mass is 344 g/mol. The van der Waals surface area contributed by atoms with Gasteiger partial charge in [0.05, 0.1) is 13.2 Å². The van der Waals surface area contributed by atoms with Gasteiger partial charge in [0, 0.05) is 44.2 Å². The Kier molecular flexibility index (Phi) is 6.36. The molecule has 0 saturated heterocycles. The lowest BCUT2D eigenvalue weighted by molar-refractivity contribution is 0.0908. The number of hydrogen-bond acceptors (Lipinski definition) is 4. The van der Waals surface area contributed by atoms with Crippen molar-refractivity contribution in [3.63, 3.8) is 0 Å². The summed E-state index contributed by atoms with van der Waals surface area (Å²) in [7, 11) is 0. The van der Waals surface area contributed by atoms with E-state index in [-0.39, 0.29) is 5.82 Å². The molecule has 5 heteroatoms. The van der Waals surface area contributed by atoms with Gasteiger partial charge < -0.3 is 9.47 Å². The first-order chi connectivity index (χ1) is 12.2. The highest BCUT2D eigenvalue weighted by molar-refractivity contribution is 5.34. The van der Waals surface area contributed by atoms with Crippen molar-refractivity contribution in [1.29, 1.82) is 0 Å². The van der Waals surface area contributed by atoms with Crippen molar-refractivity contribution >= 4 is 0 Å². The summed E-state index contributed by atoms with van der Waals surface area (Å²) in [5, 5.41) is 0. The standard InChI is InChI=1S/C20H25FN2O2/c1-16-13-22-7-6-17(16)14-23-8-11-24-9-2-3-10-25-20-5-4-19(21)12-18(20)15-23/h4-7,12-13H,2-3,8-11,14-15H2,1H3. The van der Waals surface area contributed by atoms with Crippen LogP contribution in [0, 0.1) is 12.7 Å². The molecule has 0 aliphatic carbocycles. The third-order valence-corrected chi connectivity index (χ3v) is 4.44. The number of halogens is 1. The molecule has 0 spiro atoms. The van der Waals surface area contributed by atoms with E-state index in [1.54, 1.807) is 12.1 Å². The van der Waals surface area contributed by atoms with Crippen LogP contribution in [0.15, 0.2) is 36.7 Å². The molecule has 0 saturated carbocycles. The topological polar surface area (TPSA) is 34.6 Å². The highest BCUT2D eigenvalue weighted by Gasteiger charge is 2.14. The minimum Gasteiger partial charge on any atom is -0.493 e. The quantitative estimate of drug-likeness (QED) is 0.832. The molecule has 1 aliphatic rings. The Morgan fingerprint density at radius 1 is 1.16 bits per heavy atom. The highest BCUT2D eigenvalue weighted by atomic mass is 19.1. The summed E-state index contributed by atoms with van der Waals surface area (Å²) in [6.07, 6.45) is 5.60. The van der Waals surface area contributed by atoms with Crippen molar-refractivity contribution in [1.82, 2.24) is 9.88 Å². The van der Waals surface area contributed by atoms with Gasteiger partial charge in [0.2, 0.25) is 0 Å². The summed E-state index contributed by atoms with van der Waals surface area (Å²) >= 11 is 0. The van der Waals surface area contributed by atoms with Gasteiger partial charge in [0.1, 0.15) is 11.6 Å². The fourth-order valence-electron chi connectivity index (χ4n) is 2.97. The van der Waals surface area contributed by atoms with Gasteiger partial charge in [0.15, 0.2) is 0 Å². The van der Waals surface area contributed by atoms with Crippen LogP contribution >= 0.6 is 0 Å². The van der Waals surface area contributed by atoms with E-state index in [9.17, 15) is 4.39 Å². The summed E-state index contributed by atoms with van der Waals surface area (Å²) in [4.78, 5) is 6.43. The second-order valence-electron chi connectivity index (χ2n) is 6.43. The molecule has 0 amide bonds. The van der Waals surface area contributed by atoms with Crippen LogP contribution in [-0.2, 0) is 17.8 Å². The van der Waals surface area contributed by atoms with Crippen LogP contribution in [0.25, 0.3) is 0 Å². The van der Waals surface area contributed by atoms with Gasteiger partial charge in [-0.05, 0) is 55.2 Å². The summed E-state index contributed by atoms with van der Waals surface area (Å²) in [6.45, 7) is 6.30. The zero-order valence-electron chi connectivity index (χ0n) is 14.7. The van der Waals surface area contributed by atoms with E-state index in [0.717, 1.165) is 49.4 Å². The first-order valence-corrected chi connectivity index (χ1v) is 8.83. The molecule has 0 N–H and O–H groups in total. The molecule has 4 nitrogen and oxygen atoms in total. The largest absolute Gasteiger partial charge is 0.493 e. The first-order valence-electron chi connectivity index (χ1n) is 8.83. The Hall–Kier alpha value is -1.98. The van der Waals surface area contributed by atoms with Gasteiger partial charge in [0.25, 0.3) is 0 Å². The van der Waals surface area contributed by atoms with Crippen molar-refractivity contribution in [2.24, 2.45) is 0 Å². The van der Waals surface area contributed by atoms with Gasteiger partial charge >= 0.3 is 0 Å². The van der Waals surface area contributed by atoms with Gasteiger partial charge in [-0.2, -0.15) is 0 Å². The van der Waals surface area contributed by atoms with Crippen molar-refractivity contribution in [3.05, 3.63) is 59.2 Å². The zero-order valence-corrected chi connectivity index (χ0v) is 14.7. The fraction of sp³-hybridized carbons (Fsp3) is 0.450. The summed E-state index contributed by atoms with van der Waals surface area (Å²) in [6, 6.07) is 6.82. The lowest BCUT2D eigenvalue weighted by atomic mass is 10.1. The highest BCUT2D eigenvalue weighted by Crippen LogP contribution is 2.23. The molecule has 2 heterocycles. The fourth-order valence-corrected chi connectivity index (χ4v) is 2.97. The molecule has 0 radical (unpaired) electrons. The summed E-state index contributed by atoms with van der Waals surface area (Å²) in [5.74, 6) is 0.546. The average molecular weight is 344 g/mol. The van der Waals surface area contributed by atoms with Gasteiger partial charge in [-0.25, -0.2) is 4.39 Å². The third-order valence-electron chi connectivity index (χ3n) is 4.44. The lowest BCUT2D eigenvalue weighted by Crippen LogP contribution is -2.28. The normalized spacial score (nSPS) is 17.0. The van der Waals surface area contributed by atoms with E-state index < -0.39 is 0 Å². The van der Waals surface area contributed by atoms with Gasteiger partial charge in [-0.15, -0.1) is 0 Å². The predicted molar refractivity (Wildman–Crippen MR) is 95.0 cm³/mol. The van der Waals surface area contributed by atoms with Gasteiger partial charge in [-0.1, -0.05) is 0 Å². The van der Waals surface area contributed by atoms with Gasteiger partial charge in [-0.3, -0.25) is 9.88 Å². The molecule has 0 atom stereocenters. The van der Waals surface area contributed by atoms with Crippen molar-refractivity contribution < 1.29 is 13.9 Å². The first kappa shape index (κ1) is 17.8. The molecular weight excluding hydrogens is 319 g/mol. The molecule has 0 fully saturated rings. The Bertz CT molecular complexity index is 693. The van der Waals surface area contributed by atoms with E-state index in [0.29, 0.717) is 19.8 Å². The number of benzene rings is 1. The van der Waals surface area contributed by atoms with Crippen LogP contribution in [0.5, 0.6) is 5.75 Å². The predicted octanol–water partition coefficient (Wildman–Crippen LogP) is 3.72. The molecule has 1 aromatic carbocycles. The van der Waals surface area contributed by atoms with Crippen molar-refractivity contribution in [2.45, 2.75) is 32.9 Å². The number of nitrogens with zero attached hydrogens (tertiary/aromatic N) is 2. The molecule has 3 rings (SSSR count). The summed E-state index contributed by atoms with van der Waals surface area (Å²) in [5.41, 5.74) is 3.26. The van der Waals surface area contributed by atoms with Crippen LogP contribution < -0.4 is 4.74 Å². The van der Waals surface area contributed by atoms with Crippen LogP contribution in [-0.4, -0.2) is 36.2 Å². The lowest BCUT2D eigenvalue weighted by Gasteiger charge is -2.25. The molecule has 1 aliphatic heterocycles.